The summed E-state index contributed by atoms with van der Waals surface area (Å²) in [6.45, 7) is 2.50. The highest BCUT2D eigenvalue weighted by molar-refractivity contribution is 6.31. The lowest BCUT2D eigenvalue weighted by Gasteiger charge is -2.44. The van der Waals surface area contributed by atoms with Crippen molar-refractivity contribution in [1.82, 2.24) is 20.2 Å². The average molecular weight is 475 g/mol. The minimum atomic E-state index is -1.17. The van der Waals surface area contributed by atoms with Crippen LogP contribution in [0.4, 0.5) is 0 Å². The number of ketones is 1. The lowest BCUT2D eigenvalue weighted by molar-refractivity contribution is 0.0485. The van der Waals surface area contributed by atoms with Crippen molar-refractivity contribution in [3.8, 4) is 11.4 Å². The summed E-state index contributed by atoms with van der Waals surface area (Å²) in [6.07, 6.45) is 4.89. The standard InChI is InChI=1S/C26H23ClN4O3/c1-16-6-4-13-30-26(16,15-31-24(33)19-7-2-3-8-20(19)25(31)34)22(32)21-14-17(27)9-10-18(21)23-28-11-5-12-29-23/h2-3,5,7-12,14,16,30H,4,6,13,15H2,1H3/t16-,26-/m1/s1. The molecule has 3 heterocycles. The third kappa shape index (κ3) is 3.61. The highest BCUT2D eigenvalue weighted by atomic mass is 35.5. The van der Waals surface area contributed by atoms with Gasteiger partial charge in [-0.25, -0.2) is 9.97 Å². The monoisotopic (exact) mass is 474 g/mol. The van der Waals surface area contributed by atoms with Gasteiger partial charge in [-0.05, 0) is 61.7 Å². The molecule has 0 aliphatic carbocycles. The largest absolute Gasteiger partial charge is 0.303 e. The number of fused-ring (bicyclic) bond motifs is 1. The number of carbonyl (C=O) groups excluding carboxylic acids is 3. The molecule has 2 aliphatic heterocycles. The van der Waals surface area contributed by atoms with Crippen molar-refractivity contribution in [2.24, 2.45) is 5.92 Å². The molecule has 3 aromatic rings. The number of Topliss-reactive ketones (excluding diaryl/α,β-unsaturated/α-hetero) is 1. The van der Waals surface area contributed by atoms with E-state index in [1.165, 1.54) is 4.90 Å². The topological polar surface area (TPSA) is 92.3 Å². The van der Waals surface area contributed by atoms with Gasteiger partial charge < -0.3 is 5.32 Å². The van der Waals surface area contributed by atoms with Gasteiger partial charge in [-0.3, -0.25) is 19.3 Å². The van der Waals surface area contributed by atoms with Crippen LogP contribution in [-0.2, 0) is 0 Å². The van der Waals surface area contributed by atoms with Gasteiger partial charge in [-0.1, -0.05) is 30.7 Å². The van der Waals surface area contributed by atoms with Gasteiger partial charge in [-0.2, -0.15) is 0 Å². The third-order valence-corrected chi connectivity index (χ3v) is 7.05. The Morgan fingerprint density at radius 2 is 1.74 bits per heavy atom. The fourth-order valence-electron chi connectivity index (χ4n) is 4.94. The quantitative estimate of drug-likeness (QED) is 0.443. The molecule has 1 saturated heterocycles. The second kappa shape index (κ2) is 8.74. The molecule has 2 atom stereocenters. The molecule has 0 bridgehead atoms. The van der Waals surface area contributed by atoms with E-state index in [-0.39, 0.29) is 30.1 Å². The zero-order valence-corrected chi connectivity index (χ0v) is 19.4. The maximum Gasteiger partial charge on any atom is 0.261 e. The maximum atomic E-state index is 14.3. The molecular formula is C26H23ClN4O3. The van der Waals surface area contributed by atoms with Crippen molar-refractivity contribution >= 4 is 29.2 Å². The summed E-state index contributed by atoms with van der Waals surface area (Å²) in [5.74, 6) is -0.736. The van der Waals surface area contributed by atoms with Crippen molar-refractivity contribution < 1.29 is 14.4 Å². The fourth-order valence-corrected chi connectivity index (χ4v) is 5.11. The lowest BCUT2D eigenvalue weighted by Crippen LogP contribution is -2.65. The highest BCUT2D eigenvalue weighted by Crippen LogP contribution is 2.36. The third-order valence-electron chi connectivity index (χ3n) is 6.82. The molecule has 1 N–H and O–H groups in total. The van der Waals surface area contributed by atoms with Crippen LogP contribution in [0.2, 0.25) is 5.02 Å². The van der Waals surface area contributed by atoms with Crippen LogP contribution in [0.1, 0.15) is 50.8 Å². The van der Waals surface area contributed by atoms with E-state index in [0.29, 0.717) is 39.6 Å². The zero-order chi connectivity index (χ0) is 23.9. The summed E-state index contributed by atoms with van der Waals surface area (Å²) >= 11 is 6.31. The molecule has 0 saturated carbocycles. The molecule has 7 nitrogen and oxygen atoms in total. The number of aromatic nitrogens is 2. The van der Waals surface area contributed by atoms with Gasteiger partial charge in [0, 0.05) is 28.5 Å². The van der Waals surface area contributed by atoms with Crippen LogP contribution in [0.25, 0.3) is 11.4 Å². The van der Waals surface area contributed by atoms with E-state index < -0.39 is 5.54 Å². The summed E-state index contributed by atoms with van der Waals surface area (Å²) in [5, 5.41) is 3.80. The number of carbonyl (C=O) groups is 3. The number of benzene rings is 2. The van der Waals surface area contributed by atoms with Crippen LogP contribution in [0, 0.1) is 5.92 Å². The molecule has 0 unspecified atom stereocenters. The Morgan fingerprint density at radius 1 is 1.06 bits per heavy atom. The van der Waals surface area contributed by atoms with Gasteiger partial charge in [0.05, 0.1) is 17.7 Å². The number of hydrogen-bond acceptors (Lipinski definition) is 6. The molecule has 2 aliphatic rings. The van der Waals surface area contributed by atoms with E-state index >= 15 is 0 Å². The van der Waals surface area contributed by atoms with Crippen molar-refractivity contribution in [1.29, 1.82) is 0 Å². The minimum Gasteiger partial charge on any atom is -0.303 e. The first-order valence-corrected chi connectivity index (χ1v) is 11.6. The Bertz CT molecular complexity index is 1260. The van der Waals surface area contributed by atoms with Gasteiger partial charge in [0.15, 0.2) is 11.6 Å². The summed E-state index contributed by atoms with van der Waals surface area (Å²) in [7, 11) is 0. The smallest absolute Gasteiger partial charge is 0.261 e. The number of imide groups is 1. The molecule has 5 rings (SSSR count). The minimum absolute atomic E-state index is 0.0685. The number of hydrogen-bond donors (Lipinski definition) is 1. The molecule has 2 aromatic carbocycles. The maximum absolute atomic E-state index is 14.3. The van der Waals surface area contributed by atoms with Crippen LogP contribution < -0.4 is 5.32 Å². The summed E-state index contributed by atoms with van der Waals surface area (Å²) in [4.78, 5) is 50.5. The Labute approximate surface area is 202 Å². The van der Waals surface area contributed by atoms with Gasteiger partial charge >= 0.3 is 0 Å². The number of halogens is 1. The van der Waals surface area contributed by atoms with Crippen LogP contribution in [0.5, 0.6) is 0 Å². The van der Waals surface area contributed by atoms with Crippen molar-refractivity contribution in [2.45, 2.75) is 25.3 Å². The normalized spacial score (nSPS) is 22.1. The van der Waals surface area contributed by atoms with E-state index in [1.807, 2.05) is 6.92 Å². The predicted octanol–water partition coefficient (Wildman–Crippen LogP) is 4.03. The van der Waals surface area contributed by atoms with E-state index in [4.69, 9.17) is 11.6 Å². The van der Waals surface area contributed by atoms with E-state index in [9.17, 15) is 14.4 Å². The molecule has 1 fully saturated rings. The molecule has 1 aromatic heterocycles. The van der Waals surface area contributed by atoms with Crippen LogP contribution in [-0.4, -0.2) is 51.1 Å². The molecule has 34 heavy (non-hydrogen) atoms. The van der Waals surface area contributed by atoms with E-state index in [2.05, 4.69) is 15.3 Å². The number of rotatable bonds is 5. The molecule has 0 spiro atoms. The van der Waals surface area contributed by atoms with Crippen molar-refractivity contribution in [3.05, 3.63) is 82.6 Å². The predicted molar refractivity (Wildman–Crippen MR) is 128 cm³/mol. The number of nitrogens with one attached hydrogen (secondary N) is 1. The van der Waals surface area contributed by atoms with Crippen LogP contribution >= 0.6 is 11.6 Å². The Kier molecular flexibility index (Phi) is 5.75. The Balaban J connectivity index is 1.60. The van der Waals surface area contributed by atoms with Gasteiger partial charge in [0.2, 0.25) is 0 Å². The number of piperidine rings is 1. The fraction of sp³-hybridized carbons (Fsp3) is 0.269. The van der Waals surface area contributed by atoms with Gasteiger partial charge in [0.1, 0.15) is 5.54 Å². The van der Waals surface area contributed by atoms with E-state index in [1.54, 1.807) is 60.9 Å². The first-order valence-electron chi connectivity index (χ1n) is 11.2. The molecular weight excluding hydrogens is 452 g/mol. The summed E-state index contributed by atoms with van der Waals surface area (Å²) < 4.78 is 0. The van der Waals surface area contributed by atoms with Crippen LogP contribution in [0.3, 0.4) is 0 Å². The SMILES string of the molecule is C[C@@H]1CCCN[C@@]1(CN1C(=O)c2ccccc2C1=O)C(=O)c1cc(Cl)ccc1-c1ncccn1. The summed E-state index contributed by atoms with van der Waals surface area (Å²) in [5.41, 5.74) is 0.465. The first kappa shape index (κ1) is 22.4. The van der Waals surface area contributed by atoms with Crippen LogP contribution in [0.15, 0.2) is 60.9 Å². The average Bonchev–Trinajstić information content (AvgIpc) is 3.10. The first-order chi connectivity index (χ1) is 16.4. The van der Waals surface area contributed by atoms with Crippen molar-refractivity contribution in [2.75, 3.05) is 13.1 Å². The number of amides is 2. The zero-order valence-electron chi connectivity index (χ0n) is 18.6. The lowest BCUT2D eigenvalue weighted by atomic mass is 9.73. The molecule has 8 heteroatoms. The second-order valence-corrected chi connectivity index (χ2v) is 9.21. The molecule has 172 valence electrons. The van der Waals surface area contributed by atoms with Gasteiger partial charge in [0.25, 0.3) is 11.8 Å². The number of nitrogens with zero attached hydrogens (tertiary/aromatic N) is 3. The van der Waals surface area contributed by atoms with Crippen molar-refractivity contribution in [3.63, 3.8) is 0 Å². The highest BCUT2D eigenvalue weighted by Gasteiger charge is 2.50. The second-order valence-electron chi connectivity index (χ2n) is 8.77. The van der Waals surface area contributed by atoms with Gasteiger partial charge in [-0.15, -0.1) is 0 Å². The van der Waals surface area contributed by atoms with E-state index in [0.717, 1.165) is 12.8 Å². The Morgan fingerprint density at radius 3 is 2.38 bits per heavy atom. The molecule has 0 radical (unpaired) electrons. The Hall–Kier alpha value is -3.42. The molecule has 2 amide bonds. The summed E-state index contributed by atoms with van der Waals surface area (Å²) in [6, 6.07) is 13.5.